The number of halogens is 1. The number of nitrogens with one attached hydrogen (secondary N) is 1. The van der Waals surface area contributed by atoms with E-state index in [2.05, 4.69) is 5.32 Å². The average Bonchev–Trinajstić information content (AvgIpc) is 2.89. The number of amides is 2. The van der Waals surface area contributed by atoms with E-state index >= 15 is 0 Å². The van der Waals surface area contributed by atoms with Crippen LogP contribution in [0.25, 0.3) is 0 Å². The van der Waals surface area contributed by atoms with Crippen molar-refractivity contribution in [2.24, 2.45) is 0 Å². The van der Waals surface area contributed by atoms with E-state index in [0.29, 0.717) is 29.2 Å². The minimum absolute atomic E-state index is 0.0577. The van der Waals surface area contributed by atoms with Crippen molar-refractivity contribution < 1.29 is 18.0 Å². The zero-order chi connectivity index (χ0) is 26.1. The Morgan fingerprint density at radius 3 is 2.06 bits per heavy atom. The molecule has 0 heterocycles. The summed E-state index contributed by atoms with van der Waals surface area (Å²) >= 11 is 6.37. The zero-order valence-electron chi connectivity index (χ0n) is 20.3. The van der Waals surface area contributed by atoms with E-state index in [-0.39, 0.29) is 17.3 Å². The molecule has 1 N–H and O–H groups in total. The summed E-state index contributed by atoms with van der Waals surface area (Å²) in [5.74, 6) is -0.825. The van der Waals surface area contributed by atoms with Crippen LogP contribution >= 0.6 is 11.6 Å². The Morgan fingerprint density at radius 1 is 0.889 bits per heavy atom. The molecule has 0 unspecified atom stereocenters. The molecule has 0 fully saturated rings. The summed E-state index contributed by atoms with van der Waals surface area (Å²) in [5.41, 5.74) is 1.01. The maximum atomic E-state index is 13.8. The summed E-state index contributed by atoms with van der Waals surface area (Å²) in [6, 6.07) is 22.7. The van der Waals surface area contributed by atoms with Gasteiger partial charge in [0.25, 0.3) is 10.0 Å². The van der Waals surface area contributed by atoms with Crippen molar-refractivity contribution in [2.75, 3.05) is 17.4 Å². The van der Waals surface area contributed by atoms with Crippen molar-refractivity contribution in [1.29, 1.82) is 0 Å². The van der Waals surface area contributed by atoms with Crippen molar-refractivity contribution in [3.05, 3.63) is 95.5 Å². The first kappa shape index (κ1) is 27.2. The molecule has 0 aliphatic heterocycles. The molecule has 0 aliphatic carbocycles. The van der Waals surface area contributed by atoms with E-state index < -0.39 is 28.5 Å². The molecule has 3 aromatic rings. The number of hydrogen-bond acceptors (Lipinski definition) is 4. The van der Waals surface area contributed by atoms with Crippen LogP contribution in [0.3, 0.4) is 0 Å². The summed E-state index contributed by atoms with van der Waals surface area (Å²) in [4.78, 5) is 28.2. The van der Waals surface area contributed by atoms with Gasteiger partial charge in [0.05, 0.1) is 10.6 Å². The van der Waals surface area contributed by atoms with Gasteiger partial charge in [-0.05, 0) is 49.2 Å². The average molecular weight is 528 g/mol. The highest BCUT2D eigenvalue weighted by Crippen LogP contribution is 2.25. The molecule has 3 aromatic carbocycles. The number of anilines is 1. The Kier molecular flexibility index (Phi) is 9.50. The second kappa shape index (κ2) is 12.6. The van der Waals surface area contributed by atoms with Crippen LogP contribution < -0.4 is 9.62 Å². The second-order valence-electron chi connectivity index (χ2n) is 8.09. The molecular weight excluding hydrogens is 498 g/mol. The van der Waals surface area contributed by atoms with Crippen LogP contribution in [0.15, 0.2) is 89.8 Å². The van der Waals surface area contributed by atoms with Gasteiger partial charge in [0.2, 0.25) is 11.8 Å². The van der Waals surface area contributed by atoms with Crippen LogP contribution in [0.1, 0.15) is 25.8 Å². The van der Waals surface area contributed by atoms with Crippen molar-refractivity contribution in [3.63, 3.8) is 0 Å². The van der Waals surface area contributed by atoms with Gasteiger partial charge in [-0.3, -0.25) is 13.9 Å². The Bertz CT molecular complexity index is 1270. The molecule has 9 heteroatoms. The fourth-order valence-electron chi connectivity index (χ4n) is 3.86. The molecule has 0 aliphatic rings. The second-order valence-corrected chi connectivity index (χ2v) is 10.4. The molecule has 2 amide bonds. The molecule has 0 bridgehead atoms. The summed E-state index contributed by atoms with van der Waals surface area (Å²) in [5, 5.41) is 3.23. The van der Waals surface area contributed by atoms with Crippen LogP contribution in [-0.4, -0.2) is 44.3 Å². The molecule has 0 saturated heterocycles. The van der Waals surface area contributed by atoms with Gasteiger partial charge < -0.3 is 10.2 Å². The summed E-state index contributed by atoms with van der Waals surface area (Å²) < 4.78 is 28.3. The number of hydrogen-bond donors (Lipinski definition) is 1. The lowest BCUT2D eigenvalue weighted by Gasteiger charge is -2.33. The predicted octanol–water partition coefficient (Wildman–Crippen LogP) is 4.48. The Hall–Kier alpha value is -3.36. The van der Waals surface area contributed by atoms with Gasteiger partial charge in [0.1, 0.15) is 12.6 Å². The smallest absolute Gasteiger partial charge is 0.264 e. The fourth-order valence-corrected chi connectivity index (χ4v) is 5.50. The largest absolute Gasteiger partial charge is 0.355 e. The number of carbonyl (C=O) groups is 2. The molecule has 3 rings (SSSR count). The number of carbonyl (C=O) groups excluding carboxylic acids is 2. The van der Waals surface area contributed by atoms with Gasteiger partial charge in [0, 0.05) is 18.1 Å². The van der Waals surface area contributed by atoms with E-state index in [1.165, 1.54) is 17.0 Å². The lowest BCUT2D eigenvalue weighted by atomic mass is 10.1. The first-order valence-electron chi connectivity index (χ1n) is 11.7. The molecule has 0 radical (unpaired) electrons. The molecule has 0 spiro atoms. The molecule has 190 valence electrons. The van der Waals surface area contributed by atoms with Crippen molar-refractivity contribution in [2.45, 2.75) is 37.8 Å². The number of benzene rings is 3. The number of para-hydroxylation sites is 1. The Labute approximate surface area is 217 Å². The van der Waals surface area contributed by atoms with Gasteiger partial charge in [-0.1, -0.05) is 73.1 Å². The minimum Gasteiger partial charge on any atom is -0.355 e. The lowest BCUT2D eigenvalue weighted by Crippen LogP contribution is -2.52. The quantitative estimate of drug-likeness (QED) is 0.398. The van der Waals surface area contributed by atoms with E-state index in [9.17, 15) is 18.0 Å². The predicted molar refractivity (Wildman–Crippen MR) is 142 cm³/mol. The first-order chi connectivity index (χ1) is 17.3. The van der Waals surface area contributed by atoms with Crippen LogP contribution in [0, 0.1) is 0 Å². The normalized spacial score (nSPS) is 12.0. The molecule has 0 saturated carbocycles. The van der Waals surface area contributed by atoms with Crippen LogP contribution in [0.4, 0.5) is 5.69 Å². The first-order valence-corrected chi connectivity index (χ1v) is 13.5. The highest BCUT2D eigenvalue weighted by Gasteiger charge is 2.33. The Morgan fingerprint density at radius 2 is 1.47 bits per heavy atom. The number of rotatable bonds is 11. The SMILES string of the molecule is CCNC(=O)[C@@H](CC)N(Cc1ccccc1Cl)C(=O)CN(c1ccccc1)S(=O)(=O)c1ccccc1. The summed E-state index contributed by atoms with van der Waals surface area (Å²) in [6.45, 7) is 3.59. The lowest BCUT2D eigenvalue weighted by molar-refractivity contribution is -0.140. The standard InChI is InChI=1S/C27H30ClN3O4S/c1-3-25(27(33)29-4-2)30(19-21-13-11-12-18-24(21)28)26(32)20-31(22-14-7-5-8-15-22)36(34,35)23-16-9-6-10-17-23/h5-18,25H,3-4,19-20H2,1-2H3,(H,29,33)/t25-/m1/s1. The highest BCUT2D eigenvalue weighted by atomic mass is 35.5. The van der Waals surface area contributed by atoms with Crippen LogP contribution in [0.2, 0.25) is 5.02 Å². The number of nitrogens with zero attached hydrogens (tertiary/aromatic N) is 2. The van der Waals surface area contributed by atoms with Gasteiger partial charge in [0.15, 0.2) is 0 Å². The van der Waals surface area contributed by atoms with Crippen molar-refractivity contribution in [3.8, 4) is 0 Å². The molecular formula is C27H30ClN3O4S. The maximum absolute atomic E-state index is 13.8. The van der Waals surface area contributed by atoms with Crippen molar-refractivity contribution >= 4 is 39.1 Å². The molecule has 36 heavy (non-hydrogen) atoms. The summed E-state index contributed by atoms with van der Waals surface area (Å²) in [7, 11) is -4.07. The molecule has 1 atom stereocenters. The summed E-state index contributed by atoms with van der Waals surface area (Å²) in [6.07, 6.45) is 0.346. The third-order valence-electron chi connectivity index (χ3n) is 5.69. The van der Waals surface area contributed by atoms with E-state index in [4.69, 9.17) is 11.6 Å². The van der Waals surface area contributed by atoms with E-state index in [1.54, 1.807) is 79.7 Å². The topological polar surface area (TPSA) is 86.8 Å². The van der Waals surface area contributed by atoms with E-state index in [1.807, 2.05) is 6.92 Å². The Balaban J connectivity index is 2.03. The maximum Gasteiger partial charge on any atom is 0.264 e. The van der Waals surface area contributed by atoms with Gasteiger partial charge in [-0.25, -0.2) is 8.42 Å². The zero-order valence-corrected chi connectivity index (χ0v) is 21.9. The van der Waals surface area contributed by atoms with Gasteiger partial charge in [-0.2, -0.15) is 0 Å². The highest BCUT2D eigenvalue weighted by molar-refractivity contribution is 7.92. The number of sulfonamides is 1. The third kappa shape index (κ3) is 6.44. The van der Waals surface area contributed by atoms with Gasteiger partial charge >= 0.3 is 0 Å². The van der Waals surface area contributed by atoms with Crippen molar-refractivity contribution in [1.82, 2.24) is 10.2 Å². The fraction of sp³-hybridized carbons (Fsp3) is 0.259. The van der Waals surface area contributed by atoms with E-state index in [0.717, 1.165) is 4.31 Å². The minimum atomic E-state index is -4.07. The number of likely N-dealkylation sites (N-methyl/N-ethyl adjacent to an activating group) is 1. The molecule has 0 aromatic heterocycles. The monoisotopic (exact) mass is 527 g/mol. The van der Waals surface area contributed by atoms with Crippen LogP contribution in [0.5, 0.6) is 0 Å². The third-order valence-corrected chi connectivity index (χ3v) is 7.85. The molecule has 7 nitrogen and oxygen atoms in total. The van der Waals surface area contributed by atoms with Gasteiger partial charge in [-0.15, -0.1) is 0 Å². The van der Waals surface area contributed by atoms with Crippen LogP contribution in [-0.2, 0) is 26.2 Å².